The predicted octanol–water partition coefficient (Wildman–Crippen LogP) is 1.79. The maximum atomic E-state index is 12.4. The molecule has 1 aliphatic heterocycles. The lowest BCUT2D eigenvalue weighted by Crippen LogP contribution is -2.43. The first-order valence-electron chi connectivity index (χ1n) is 8.74. The molecule has 2 heterocycles. The van der Waals surface area contributed by atoms with Gasteiger partial charge in [0, 0.05) is 44.5 Å². The number of amides is 1. The van der Waals surface area contributed by atoms with Gasteiger partial charge in [0.1, 0.15) is 6.07 Å². The number of rotatable bonds is 5. The van der Waals surface area contributed by atoms with Gasteiger partial charge in [-0.2, -0.15) is 5.26 Å². The third-order valence-corrected chi connectivity index (χ3v) is 5.21. The molecule has 0 spiro atoms. The highest BCUT2D eigenvalue weighted by Crippen LogP contribution is 2.14. The smallest absolute Gasteiger partial charge is 0.251 e. The quantitative estimate of drug-likeness (QED) is 0.780. The Morgan fingerprint density at radius 2 is 1.96 bits per heavy atom. The van der Waals surface area contributed by atoms with E-state index >= 15 is 0 Å². The van der Waals surface area contributed by atoms with Crippen molar-refractivity contribution in [3.8, 4) is 6.07 Å². The van der Waals surface area contributed by atoms with E-state index in [-0.39, 0.29) is 18.3 Å². The zero-order valence-electron chi connectivity index (χ0n) is 15.2. The van der Waals surface area contributed by atoms with Gasteiger partial charge >= 0.3 is 0 Å². The van der Waals surface area contributed by atoms with Gasteiger partial charge < -0.3 is 10.2 Å². The summed E-state index contributed by atoms with van der Waals surface area (Å²) in [6.45, 7) is 5.44. The summed E-state index contributed by atoms with van der Waals surface area (Å²) in [7, 11) is 2.14. The Kier molecular flexibility index (Phi) is 6.50. The van der Waals surface area contributed by atoms with Gasteiger partial charge in [0.05, 0.1) is 16.7 Å². The first-order valence-corrected chi connectivity index (χ1v) is 9.54. The number of nitriles is 1. The second-order valence-corrected chi connectivity index (χ2v) is 7.41. The number of nitrogens with zero attached hydrogens (tertiary/aromatic N) is 5. The zero-order chi connectivity index (χ0) is 19.2. The normalized spacial score (nSPS) is 15.3. The van der Waals surface area contributed by atoms with Gasteiger partial charge in [-0.05, 0) is 40.7 Å². The molecule has 8 heteroatoms. The summed E-state index contributed by atoms with van der Waals surface area (Å²) in [6, 6.07) is 9.58. The average molecular weight is 429 g/mol. The van der Waals surface area contributed by atoms with E-state index in [0.717, 1.165) is 32.7 Å². The number of hydrogen-bond acceptors (Lipinski definition) is 6. The summed E-state index contributed by atoms with van der Waals surface area (Å²) in [5.41, 5.74) is 2.37. The van der Waals surface area contributed by atoms with Crippen molar-refractivity contribution in [2.75, 3.05) is 33.2 Å². The molecule has 1 aliphatic rings. The van der Waals surface area contributed by atoms with Crippen LogP contribution in [0.2, 0.25) is 0 Å². The van der Waals surface area contributed by atoms with Crippen molar-refractivity contribution in [2.24, 2.45) is 0 Å². The highest BCUT2D eigenvalue weighted by atomic mass is 79.9. The molecule has 1 fully saturated rings. The van der Waals surface area contributed by atoms with Crippen molar-refractivity contribution in [1.82, 2.24) is 25.1 Å². The van der Waals surface area contributed by atoms with E-state index in [9.17, 15) is 4.79 Å². The number of halogens is 1. The van der Waals surface area contributed by atoms with Crippen LogP contribution in [0.3, 0.4) is 0 Å². The average Bonchev–Trinajstić information content (AvgIpc) is 2.69. The lowest BCUT2D eigenvalue weighted by molar-refractivity contribution is 0.0950. The molecule has 0 radical (unpaired) electrons. The first-order chi connectivity index (χ1) is 13.0. The lowest BCUT2D eigenvalue weighted by atomic mass is 10.1. The largest absolute Gasteiger partial charge is 0.346 e. The van der Waals surface area contributed by atoms with Crippen LogP contribution in [0, 0.1) is 11.3 Å². The van der Waals surface area contributed by atoms with Crippen molar-refractivity contribution in [3.05, 3.63) is 57.6 Å². The Bertz CT molecular complexity index is 840. The monoisotopic (exact) mass is 428 g/mol. The molecule has 0 atom stereocenters. The minimum absolute atomic E-state index is 0.0794. The Hall–Kier alpha value is -2.34. The van der Waals surface area contributed by atoms with Crippen LogP contribution in [0.5, 0.6) is 0 Å². The fraction of sp³-hybridized carbons (Fsp3) is 0.368. The van der Waals surface area contributed by atoms with Gasteiger partial charge in [0.15, 0.2) is 0 Å². The molecule has 27 heavy (non-hydrogen) atoms. The van der Waals surface area contributed by atoms with E-state index in [4.69, 9.17) is 5.26 Å². The van der Waals surface area contributed by atoms with Crippen LogP contribution in [-0.2, 0) is 13.1 Å². The Morgan fingerprint density at radius 3 is 2.63 bits per heavy atom. The van der Waals surface area contributed by atoms with Crippen molar-refractivity contribution in [3.63, 3.8) is 0 Å². The Labute approximate surface area is 167 Å². The standard InChI is InChI=1S/C19H21BrN6O/c1-25-6-8-26(9-7-25)13-14-2-4-15(5-3-14)19(27)23-12-17-16(20)11-22-18(10-21)24-17/h2-5,11H,6-9,12-13H2,1H3,(H,23,27). The number of aromatic nitrogens is 2. The number of hydrogen-bond donors (Lipinski definition) is 1. The topological polar surface area (TPSA) is 85.1 Å². The van der Waals surface area contributed by atoms with E-state index in [1.54, 1.807) is 0 Å². The van der Waals surface area contributed by atoms with Crippen LogP contribution in [0.4, 0.5) is 0 Å². The summed E-state index contributed by atoms with van der Waals surface area (Å²) in [6.07, 6.45) is 1.51. The van der Waals surface area contributed by atoms with Gasteiger partial charge in [-0.1, -0.05) is 12.1 Å². The van der Waals surface area contributed by atoms with Gasteiger partial charge in [-0.3, -0.25) is 9.69 Å². The van der Waals surface area contributed by atoms with E-state index in [1.807, 2.05) is 30.3 Å². The SMILES string of the molecule is CN1CCN(Cc2ccc(C(=O)NCc3nc(C#N)ncc3Br)cc2)CC1. The highest BCUT2D eigenvalue weighted by molar-refractivity contribution is 9.10. The molecule has 140 valence electrons. The number of benzene rings is 1. The zero-order valence-corrected chi connectivity index (χ0v) is 16.7. The molecule has 1 aromatic heterocycles. The summed E-state index contributed by atoms with van der Waals surface area (Å²) < 4.78 is 0.657. The molecule has 0 aliphatic carbocycles. The van der Waals surface area contributed by atoms with Crippen molar-refractivity contribution >= 4 is 21.8 Å². The summed E-state index contributed by atoms with van der Waals surface area (Å²) >= 11 is 3.33. The minimum atomic E-state index is -0.176. The van der Waals surface area contributed by atoms with Gasteiger partial charge in [0.25, 0.3) is 5.91 Å². The molecular weight excluding hydrogens is 408 g/mol. The van der Waals surface area contributed by atoms with E-state index < -0.39 is 0 Å². The molecule has 2 aromatic rings. The number of likely N-dealkylation sites (N-methyl/N-ethyl adjacent to an activating group) is 1. The molecule has 7 nitrogen and oxygen atoms in total. The molecule has 0 unspecified atom stereocenters. The maximum absolute atomic E-state index is 12.4. The van der Waals surface area contributed by atoms with Crippen LogP contribution < -0.4 is 5.32 Å². The molecular formula is C19H21BrN6O. The van der Waals surface area contributed by atoms with Gasteiger partial charge in [-0.15, -0.1) is 0 Å². The third-order valence-electron chi connectivity index (χ3n) is 4.55. The number of nitrogens with one attached hydrogen (secondary N) is 1. The van der Waals surface area contributed by atoms with E-state index in [1.165, 1.54) is 11.8 Å². The van der Waals surface area contributed by atoms with Crippen molar-refractivity contribution < 1.29 is 4.79 Å². The number of carbonyl (C=O) groups is 1. The van der Waals surface area contributed by atoms with Crippen LogP contribution in [0.1, 0.15) is 27.4 Å². The van der Waals surface area contributed by atoms with Crippen LogP contribution in [-0.4, -0.2) is 58.9 Å². The van der Waals surface area contributed by atoms with Crippen LogP contribution in [0.25, 0.3) is 0 Å². The summed E-state index contributed by atoms with van der Waals surface area (Å²) in [4.78, 5) is 25.1. The number of carbonyl (C=O) groups excluding carboxylic acids is 1. The van der Waals surface area contributed by atoms with Gasteiger partial charge in [-0.25, -0.2) is 9.97 Å². The lowest BCUT2D eigenvalue weighted by Gasteiger charge is -2.32. The minimum Gasteiger partial charge on any atom is -0.346 e. The summed E-state index contributed by atoms with van der Waals surface area (Å²) in [5, 5.41) is 11.7. The molecule has 1 N–H and O–H groups in total. The molecule has 3 rings (SSSR count). The predicted molar refractivity (Wildman–Crippen MR) is 105 cm³/mol. The molecule has 1 saturated heterocycles. The highest BCUT2D eigenvalue weighted by Gasteiger charge is 2.14. The second-order valence-electron chi connectivity index (χ2n) is 6.56. The maximum Gasteiger partial charge on any atom is 0.251 e. The van der Waals surface area contributed by atoms with Crippen LogP contribution in [0.15, 0.2) is 34.9 Å². The first kappa shape index (κ1) is 19.4. The fourth-order valence-corrected chi connectivity index (χ4v) is 3.20. The summed E-state index contributed by atoms with van der Waals surface area (Å²) in [5.74, 6) is -0.0964. The van der Waals surface area contributed by atoms with Crippen LogP contribution >= 0.6 is 15.9 Å². The molecule has 0 bridgehead atoms. The third kappa shape index (κ3) is 5.32. The molecule has 1 aromatic carbocycles. The number of piperazine rings is 1. The van der Waals surface area contributed by atoms with Crippen molar-refractivity contribution in [2.45, 2.75) is 13.1 Å². The Morgan fingerprint density at radius 1 is 1.26 bits per heavy atom. The molecule has 0 saturated carbocycles. The van der Waals surface area contributed by atoms with Crippen molar-refractivity contribution in [1.29, 1.82) is 5.26 Å². The van der Waals surface area contributed by atoms with Gasteiger partial charge in [0.2, 0.25) is 5.82 Å². The second kappa shape index (κ2) is 9.04. The van der Waals surface area contributed by atoms with E-state index in [0.29, 0.717) is 15.7 Å². The molecule has 1 amide bonds. The van der Waals surface area contributed by atoms with E-state index in [2.05, 4.69) is 48.1 Å². The fourth-order valence-electron chi connectivity index (χ4n) is 2.87. The Balaban J connectivity index is 1.55.